The van der Waals surface area contributed by atoms with Crippen molar-refractivity contribution in [2.45, 2.75) is 19.4 Å². The van der Waals surface area contributed by atoms with Crippen molar-refractivity contribution >= 4 is 35.5 Å². The SMILES string of the molecule is Cc1ccc(/C=C/C(=O)N[C@H](CC(=O)O)C(=O)O)cc1Cl. The molecular weight excluding hydrogens is 298 g/mol. The van der Waals surface area contributed by atoms with Gasteiger partial charge < -0.3 is 15.5 Å². The number of carboxylic acid groups (broad SMARTS) is 2. The lowest BCUT2D eigenvalue weighted by Gasteiger charge is -2.10. The van der Waals surface area contributed by atoms with Gasteiger partial charge >= 0.3 is 11.9 Å². The van der Waals surface area contributed by atoms with Gasteiger partial charge in [-0.05, 0) is 30.2 Å². The van der Waals surface area contributed by atoms with Crippen LogP contribution in [0.2, 0.25) is 5.02 Å². The molecule has 112 valence electrons. The predicted molar refractivity (Wildman–Crippen MR) is 77.0 cm³/mol. The maximum absolute atomic E-state index is 11.6. The van der Waals surface area contributed by atoms with Gasteiger partial charge in [-0.15, -0.1) is 0 Å². The Morgan fingerprint density at radius 3 is 2.52 bits per heavy atom. The second-order valence-corrected chi connectivity index (χ2v) is 4.75. The molecule has 21 heavy (non-hydrogen) atoms. The van der Waals surface area contributed by atoms with E-state index in [1.807, 2.05) is 6.92 Å². The first-order valence-electron chi connectivity index (χ1n) is 5.99. The lowest BCUT2D eigenvalue weighted by molar-refractivity contribution is -0.146. The molecule has 7 heteroatoms. The van der Waals surface area contributed by atoms with Gasteiger partial charge in [0.15, 0.2) is 0 Å². The van der Waals surface area contributed by atoms with Crippen molar-refractivity contribution in [3.8, 4) is 0 Å². The summed E-state index contributed by atoms with van der Waals surface area (Å²) in [6.07, 6.45) is 1.89. The van der Waals surface area contributed by atoms with Crippen molar-refractivity contribution in [1.82, 2.24) is 5.32 Å². The number of carbonyl (C=O) groups excluding carboxylic acids is 1. The molecule has 1 aromatic carbocycles. The number of aliphatic carboxylic acids is 2. The van der Waals surface area contributed by atoms with E-state index in [2.05, 4.69) is 5.32 Å². The molecule has 0 spiro atoms. The largest absolute Gasteiger partial charge is 0.481 e. The Labute approximate surface area is 126 Å². The summed E-state index contributed by atoms with van der Waals surface area (Å²) in [7, 11) is 0. The maximum atomic E-state index is 11.6. The van der Waals surface area contributed by atoms with Crippen molar-refractivity contribution in [2.24, 2.45) is 0 Å². The van der Waals surface area contributed by atoms with Crippen LogP contribution in [0, 0.1) is 6.92 Å². The van der Waals surface area contributed by atoms with Crippen LogP contribution >= 0.6 is 11.6 Å². The van der Waals surface area contributed by atoms with Gasteiger partial charge in [0.05, 0.1) is 6.42 Å². The van der Waals surface area contributed by atoms with E-state index in [9.17, 15) is 14.4 Å². The highest BCUT2D eigenvalue weighted by molar-refractivity contribution is 6.31. The second-order valence-electron chi connectivity index (χ2n) is 4.34. The van der Waals surface area contributed by atoms with E-state index in [-0.39, 0.29) is 0 Å². The maximum Gasteiger partial charge on any atom is 0.326 e. The summed E-state index contributed by atoms with van der Waals surface area (Å²) < 4.78 is 0. The molecule has 0 aliphatic rings. The van der Waals surface area contributed by atoms with E-state index in [0.717, 1.165) is 11.6 Å². The Bertz CT molecular complexity index is 597. The van der Waals surface area contributed by atoms with Crippen LogP contribution in [0.3, 0.4) is 0 Å². The average Bonchev–Trinajstić information content (AvgIpc) is 2.38. The molecule has 1 amide bonds. The quantitative estimate of drug-likeness (QED) is 0.694. The molecule has 0 aliphatic carbocycles. The van der Waals surface area contributed by atoms with Crippen LogP contribution in [-0.2, 0) is 14.4 Å². The lowest BCUT2D eigenvalue weighted by Crippen LogP contribution is -2.41. The number of carboxylic acids is 2. The number of benzene rings is 1. The van der Waals surface area contributed by atoms with Gasteiger partial charge in [-0.2, -0.15) is 0 Å². The summed E-state index contributed by atoms with van der Waals surface area (Å²) in [5.74, 6) is -3.41. The minimum absolute atomic E-state index is 0.548. The minimum Gasteiger partial charge on any atom is -0.481 e. The zero-order valence-electron chi connectivity index (χ0n) is 11.2. The monoisotopic (exact) mass is 311 g/mol. The molecule has 0 radical (unpaired) electrons. The summed E-state index contributed by atoms with van der Waals surface area (Å²) in [5.41, 5.74) is 1.57. The minimum atomic E-state index is -1.47. The van der Waals surface area contributed by atoms with Gasteiger partial charge in [-0.1, -0.05) is 23.7 Å². The fourth-order valence-electron chi connectivity index (χ4n) is 1.48. The first kappa shape index (κ1) is 16.7. The predicted octanol–water partition coefficient (Wildman–Crippen LogP) is 1.71. The first-order valence-corrected chi connectivity index (χ1v) is 6.36. The van der Waals surface area contributed by atoms with Crippen LogP contribution < -0.4 is 5.32 Å². The molecule has 6 nitrogen and oxygen atoms in total. The number of halogens is 1. The average molecular weight is 312 g/mol. The molecule has 0 fully saturated rings. The highest BCUT2D eigenvalue weighted by atomic mass is 35.5. The van der Waals surface area contributed by atoms with Gasteiger partial charge in [0.1, 0.15) is 6.04 Å². The van der Waals surface area contributed by atoms with Crippen LogP contribution in [-0.4, -0.2) is 34.1 Å². The molecule has 1 aromatic rings. The van der Waals surface area contributed by atoms with Crippen molar-refractivity contribution in [3.63, 3.8) is 0 Å². The Hall–Kier alpha value is -2.34. The van der Waals surface area contributed by atoms with Crippen LogP contribution in [0.15, 0.2) is 24.3 Å². The number of amides is 1. The van der Waals surface area contributed by atoms with E-state index in [4.69, 9.17) is 21.8 Å². The Morgan fingerprint density at radius 2 is 2.00 bits per heavy atom. The lowest BCUT2D eigenvalue weighted by atomic mass is 10.1. The Morgan fingerprint density at radius 1 is 1.33 bits per heavy atom. The number of carbonyl (C=O) groups is 3. The molecule has 0 bridgehead atoms. The van der Waals surface area contributed by atoms with Crippen molar-refractivity contribution < 1.29 is 24.6 Å². The third-order valence-corrected chi connectivity index (χ3v) is 3.02. The van der Waals surface area contributed by atoms with E-state index >= 15 is 0 Å². The molecule has 0 saturated carbocycles. The van der Waals surface area contributed by atoms with Gasteiger partial charge in [0.25, 0.3) is 0 Å². The Kier molecular flexibility index (Phi) is 5.92. The van der Waals surface area contributed by atoms with Crippen molar-refractivity contribution in [2.75, 3.05) is 0 Å². The smallest absolute Gasteiger partial charge is 0.326 e. The fourth-order valence-corrected chi connectivity index (χ4v) is 1.67. The Balaban J connectivity index is 2.70. The summed E-state index contributed by atoms with van der Waals surface area (Å²) in [5, 5.41) is 20.0. The number of rotatable bonds is 6. The van der Waals surface area contributed by atoms with Crippen LogP contribution in [0.25, 0.3) is 6.08 Å². The second kappa shape index (κ2) is 7.44. The molecule has 0 unspecified atom stereocenters. The number of nitrogens with one attached hydrogen (secondary N) is 1. The van der Waals surface area contributed by atoms with Crippen LogP contribution in [0.1, 0.15) is 17.5 Å². The normalized spacial score (nSPS) is 12.1. The molecule has 1 atom stereocenters. The summed E-state index contributed by atoms with van der Waals surface area (Å²) in [6.45, 7) is 1.84. The van der Waals surface area contributed by atoms with E-state index in [0.29, 0.717) is 10.6 Å². The molecule has 0 aliphatic heterocycles. The molecule has 0 heterocycles. The van der Waals surface area contributed by atoms with E-state index < -0.39 is 30.3 Å². The number of aryl methyl sites for hydroxylation is 1. The number of hydrogen-bond acceptors (Lipinski definition) is 3. The van der Waals surface area contributed by atoms with Crippen LogP contribution in [0.4, 0.5) is 0 Å². The fraction of sp³-hybridized carbons (Fsp3) is 0.214. The molecular formula is C14H14ClNO5. The molecule has 0 aromatic heterocycles. The van der Waals surface area contributed by atoms with E-state index in [1.165, 1.54) is 6.08 Å². The molecule has 1 rings (SSSR count). The first-order chi connectivity index (χ1) is 9.79. The van der Waals surface area contributed by atoms with Gasteiger partial charge in [0.2, 0.25) is 5.91 Å². The van der Waals surface area contributed by atoms with E-state index in [1.54, 1.807) is 18.2 Å². The molecule has 3 N–H and O–H groups in total. The zero-order valence-corrected chi connectivity index (χ0v) is 11.9. The van der Waals surface area contributed by atoms with Gasteiger partial charge in [0, 0.05) is 11.1 Å². The highest BCUT2D eigenvalue weighted by Crippen LogP contribution is 2.17. The highest BCUT2D eigenvalue weighted by Gasteiger charge is 2.21. The van der Waals surface area contributed by atoms with Gasteiger partial charge in [-0.25, -0.2) is 4.79 Å². The van der Waals surface area contributed by atoms with Crippen LogP contribution in [0.5, 0.6) is 0 Å². The van der Waals surface area contributed by atoms with Crippen molar-refractivity contribution in [1.29, 1.82) is 0 Å². The third kappa shape index (κ3) is 5.66. The zero-order chi connectivity index (χ0) is 16.0. The topological polar surface area (TPSA) is 104 Å². The third-order valence-electron chi connectivity index (χ3n) is 2.62. The molecule has 0 saturated heterocycles. The van der Waals surface area contributed by atoms with Gasteiger partial charge in [-0.3, -0.25) is 9.59 Å². The summed E-state index contributed by atoms with van der Waals surface area (Å²) in [6, 6.07) is 3.72. The standard InChI is InChI=1S/C14H14ClNO5/c1-8-2-3-9(6-10(8)15)4-5-12(17)16-11(14(20)21)7-13(18)19/h2-6,11H,7H2,1H3,(H,16,17)(H,18,19)(H,20,21)/b5-4+/t11-/m1/s1. The summed E-state index contributed by atoms with van der Waals surface area (Å²) >= 11 is 5.93. The van der Waals surface area contributed by atoms with Crippen molar-refractivity contribution in [3.05, 3.63) is 40.4 Å². The summed E-state index contributed by atoms with van der Waals surface area (Å²) in [4.78, 5) is 32.9. The number of hydrogen-bond donors (Lipinski definition) is 3.